The molecule has 0 aliphatic rings. The molecular weight excluding hydrogens is 196 g/mol. The van der Waals surface area contributed by atoms with Crippen LogP contribution < -0.4 is 0 Å². The van der Waals surface area contributed by atoms with Crippen LogP contribution >= 0.6 is 0 Å². The highest BCUT2D eigenvalue weighted by atomic mass is 16.5. The smallest absolute Gasteiger partial charge is 0.306 e. The number of methoxy groups -OCH3 is 1. The van der Waals surface area contributed by atoms with Gasteiger partial charge >= 0.3 is 5.97 Å². The molecule has 0 aliphatic carbocycles. The van der Waals surface area contributed by atoms with Gasteiger partial charge in [0.2, 0.25) is 0 Å². The van der Waals surface area contributed by atoms with Crippen molar-refractivity contribution < 1.29 is 19.4 Å². The fraction of sp³-hybridized carbons (Fsp3) is 0.818. The zero-order valence-electron chi connectivity index (χ0n) is 9.66. The second kappa shape index (κ2) is 7.40. The number of Topliss-reactive ketones (excluding diaryl/α,β-unsaturated/α-hetero) is 1. The number of hydrogen-bond acceptors (Lipinski definition) is 3. The third-order valence-corrected chi connectivity index (χ3v) is 2.65. The van der Waals surface area contributed by atoms with Crippen molar-refractivity contribution in [3.63, 3.8) is 0 Å². The molecule has 15 heavy (non-hydrogen) atoms. The first kappa shape index (κ1) is 14.1. The number of hydrogen-bond donors (Lipinski definition) is 1. The van der Waals surface area contributed by atoms with Crippen LogP contribution in [0, 0.1) is 11.8 Å². The molecule has 0 rings (SSSR count). The third-order valence-electron chi connectivity index (χ3n) is 2.65. The van der Waals surface area contributed by atoms with Crippen molar-refractivity contribution in [3.05, 3.63) is 0 Å². The Morgan fingerprint density at radius 3 is 2.07 bits per heavy atom. The molecule has 0 saturated carbocycles. The van der Waals surface area contributed by atoms with E-state index in [1.54, 1.807) is 0 Å². The highest BCUT2D eigenvalue weighted by Crippen LogP contribution is 2.19. The Hall–Kier alpha value is -0.900. The summed E-state index contributed by atoms with van der Waals surface area (Å²) in [6.07, 6.45) is 1.66. The number of rotatable bonds is 8. The maximum absolute atomic E-state index is 11.5. The van der Waals surface area contributed by atoms with Gasteiger partial charge in [-0.25, -0.2) is 0 Å². The predicted molar refractivity (Wildman–Crippen MR) is 56.7 cm³/mol. The van der Waals surface area contributed by atoms with Crippen LogP contribution in [0.25, 0.3) is 0 Å². The summed E-state index contributed by atoms with van der Waals surface area (Å²) in [6.45, 7) is 3.80. The van der Waals surface area contributed by atoms with Crippen molar-refractivity contribution in [2.75, 3.05) is 13.7 Å². The monoisotopic (exact) mass is 216 g/mol. The minimum atomic E-state index is -0.818. The van der Waals surface area contributed by atoms with Crippen molar-refractivity contribution in [2.24, 2.45) is 11.8 Å². The average Bonchev–Trinajstić information content (AvgIpc) is 2.19. The van der Waals surface area contributed by atoms with E-state index < -0.39 is 11.9 Å². The van der Waals surface area contributed by atoms with Gasteiger partial charge in [0, 0.05) is 13.0 Å². The highest BCUT2D eigenvalue weighted by Gasteiger charge is 2.24. The Labute approximate surface area is 90.6 Å². The van der Waals surface area contributed by atoms with E-state index in [0.29, 0.717) is 19.3 Å². The number of carboxylic acid groups (broad SMARTS) is 1. The summed E-state index contributed by atoms with van der Waals surface area (Å²) in [5, 5.41) is 8.89. The van der Waals surface area contributed by atoms with Crippen LogP contribution in [0.15, 0.2) is 0 Å². The lowest BCUT2D eigenvalue weighted by atomic mass is 9.88. The van der Waals surface area contributed by atoms with E-state index >= 15 is 0 Å². The molecule has 0 spiro atoms. The fourth-order valence-corrected chi connectivity index (χ4v) is 1.57. The van der Waals surface area contributed by atoms with Crippen molar-refractivity contribution >= 4 is 11.8 Å². The molecule has 4 heteroatoms. The molecule has 0 aromatic carbocycles. The number of carbonyl (C=O) groups excluding carboxylic acids is 1. The van der Waals surface area contributed by atoms with E-state index in [4.69, 9.17) is 9.84 Å². The standard InChI is InChI=1S/C11H20O4/c1-4-8(10(12)7-15-3)6-9(5-2)11(13)14/h8-9H,4-7H2,1-3H3,(H,13,14). The van der Waals surface area contributed by atoms with Crippen LogP contribution in [0.1, 0.15) is 33.1 Å². The quantitative estimate of drug-likeness (QED) is 0.671. The number of ketones is 1. The van der Waals surface area contributed by atoms with E-state index in [1.807, 2.05) is 13.8 Å². The lowest BCUT2D eigenvalue weighted by Crippen LogP contribution is -2.24. The van der Waals surface area contributed by atoms with Crippen molar-refractivity contribution in [1.29, 1.82) is 0 Å². The Balaban J connectivity index is 4.29. The molecule has 0 heterocycles. The minimum Gasteiger partial charge on any atom is -0.481 e. The van der Waals surface area contributed by atoms with Gasteiger partial charge in [-0.15, -0.1) is 0 Å². The van der Waals surface area contributed by atoms with Crippen LogP contribution in [0.2, 0.25) is 0 Å². The summed E-state index contributed by atoms with van der Waals surface area (Å²) < 4.78 is 4.77. The summed E-state index contributed by atoms with van der Waals surface area (Å²) in [5.41, 5.74) is 0. The number of carboxylic acids is 1. The van der Waals surface area contributed by atoms with Crippen LogP contribution in [0.4, 0.5) is 0 Å². The second-order valence-electron chi connectivity index (χ2n) is 3.68. The third kappa shape index (κ3) is 4.93. The summed E-state index contributed by atoms with van der Waals surface area (Å²) in [4.78, 5) is 22.4. The molecule has 2 unspecified atom stereocenters. The van der Waals surface area contributed by atoms with Crippen LogP contribution in [0.3, 0.4) is 0 Å². The Kier molecular flexibility index (Phi) is 6.96. The Morgan fingerprint density at radius 2 is 1.73 bits per heavy atom. The number of carbonyl (C=O) groups is 2. The summed E-state index contributed by atoms with van der Waals surface area (Å²) in [6, 6.07) is 0. The predicted octanol–water partition coefficient (Wildman–Crippen LogP) is 1.73. The molecule has 0 bridgehead atoms. The molecule has 2 atom stereocenters. The van der Waals surface area contributed by atoms with Gasteiger partial charge in [-0.1, -0.05) is 13.8 Å². The topological polar surface area (TPSA) is 63.6 Å². The summed E-state index contributed by atoms with van der Waals surface area (Å²) >= 11 is 0. The molecule has 0 saturated heterocycles. The largest absolute Gasteiger partial charge is 0.481 e. The highest BCUT2D eigenvalue weighted by molar-refractivity contribution is 5.82. The maximum Gasteiger partial charge on any atom is 0.306 e. The molecule has 4 nitrogen and oxygen atoms in total. The van der Waals surface area contributed by atoms with Gasteiger partial charge < -0.3 is 9.84 Å². The summed E-state index contributed by atoms with van der Waals surface area (Å²) in [5.74, 6) is -1.43. The van der Waals surface area contributed by atoms with Gasteiger partial charge in [0.25, 0.3) is 0 Å². The van der Waals surface area contributed by atoms with E-state index in [-0.39, 0.29) is 18.3 Å². The molecule has 0 fully saturated rings. The summed E-state index contributed by atoms with van der Waals surface area (Å²) in [7, 11) is 1.47. The lowest BCUT2D eigenvalue weighted by molar-refractivity contribution is -0.143. The molecule has 1 N–H and O–H groups in total. The molecule has 0 radical (unpaired) electrons. The van der Waals surface area contributed by atoms with E-state index in [1.165, 1.54) is 7.11 Å². The zero-order valence-corrected chi connectivity index (χ0v) is 9.66. The fourth-order valence-electron chi connectivity index (χ4n) is 1.57. The molecule has 88 valence electrons. The van der Waals surface area contributed by atoms with Gasteiger partial charge in [-0.2, -0.15) is 0 Å². The molecule has 0 aromatic heterocycles. The first-order chi connectivity index (χ1) is 7.06. The van der Waals surface area contributed by atoms with E-state index in [0.717, 1.165) is 0 Å². The SMILES string of the molecule is CCC(CC(CC)C(=O)COC)C(=O)O. The van der Waals surface area contributed by atoms with Crippen LogP contribution in [0.5, 0.6) is 0 Å². The van der Waals surface area contributed by atoms with Gasteiger partial charge in [0.15, 0.2) is 5.78 Å². The van der Waals surface area contributed by atoms with Gasteiger partial charge in [0.05, 0.1) is 5.92 Å². The van der Waals surface area contributed by atoms with Gasteiger partial charge in [0.1, 0.15) is 6.61 Å². The number of aliphatic carboxylic acids is 1. The van der Waals surface area contributed by atoms with Crippen molar-refractivity contribution in [3.8, 4) is 0 Å². The van der Waals surface area contributed by atoms with Crippen LogP contribution in [-0.4, -0.2) is 30.6 Å². The van der Waals surface area contributed by atoms with Crippen molar-refractivity contribution in [1.82, 2.24) is 0 Å². The maximum atomic E-state index is 11.5. The first-order valence-electron chi connectivity index (χ1n) is 5.31. The normalized spacial score (nSPS) is 14.6. The van der Waals surface area contributed by atoms with Crippen molar-refractivity contribution in [2.45, 2.75) is 33.1 Å². The Bertz CT molecular complexity index is 213. The zero-order chi connectivity index (χ0) is 11.8. The second-order valence-corrected chi connectivity index (χ2v) is 3.68. The molecule has 0 aliphatic heterocycles. The van der Waals surface area contributed by atoms with Gasteiger partial charge in [-0.3, -0.25) is 9.59 Å². The molecular formula is C11H20O4. The number of ether oxygens (including phenoxy) is 1. The average molecular weight is 216 g/mol. The minimum absolute atomic E-state index is 0.000278. The molecule has 0 amide bonds. The first-order valence-corrected chi connectivity index (χ1v) is 5.31. The van der Waals surface area contributed by atoms with E-state index in [9.17, 15) is 9.59 Å². The van der Waals surface area contributed by atoms with Gasteiger partial charge in [-0.05, 0) is 19.3 Å². The lowest BCUT2D eigenvalue weighted by Gasteiger charge is -2.17. The molecule has 0 aromatic rings. The van der Waals surface area contributed by atoms with E-state index in [2.05, 4.69) is 0 Å². The van der Waals surface area contributed by atoms with Crippen LogP contribution in [-0.2, 0) is 14.3 Å². The Morgan fingerprint density at radius 1 is 1.20 bits per heavy atom.